The molecule has 5 nitrogen and oxygen atoms in total. The first-order valence-electron chi connectivity index (χ1n) is 8.52. The van der Waals surface area contributed by atoms with Gasteiger partial charge in [-0.25, -0.2) is 0 Å². The molecule has 3 rings (SSSR count). The molecule has 23 heavy (non-hydrogen) atoms. The molecule has 1 aliphatic heterocycles. The highest BCUT2D eigenvalue weighted by Gasteiger charge is 2.28. The second kappa shape index (κ2) is 7.59. The Bertz CT molecular complexity index is 567. The molecule has 1 unspecified atom stereocenters. The fraction of sp³-hybridized carbons (Fsp3) is 0.556. The first kappa shape index (κ1) is 16.0. The number of benzene rings is 1. The summed E-state index contributed by atoms with van der Waals surface area (Å²) in [6.45, 7) is 1.27. The fourth-order valence-corrected chi connectivity index (χ4v) is 3.30. The zero-order valence-corrected chi connectivity index (χ0v) is 13.3. The van der Waals surface area contributed by atoms with Crippen molar-refractivity contribution in [2.24, 2.45) is 0 Å². The van der Waals surface area contributed by atoms with Crippen molar-refractivity contribution in [3.05, 3.63) is 35.4 Å². The van der Waals surface area contributed by atoms with Gasteiger partial charge in [0.25, 0.3) is 5.91 Å². The Morgan fingerprint density at radius 1 is 1.26 bits per heavy atom. The molecule has 0 bridgehead atoms. The zero-order chi connectivity index (χ0) is 16.1. The van der Waals surface area contributed by atoms with E-state index in [2.05, 4.69) is 10.6 Å². The predicted molar refractivity (Wildman–Crippen MR) is 87.2 cm³/mol. The Morgan fingerprint density at radius 3 is 2.87 bits per heavy atom. The minimum atomic E-state index is -0.479. The summed E-state index contributed by atoms with van der Waals surface area (Å²) in [4.78, 5) is 24.2. The van der Waals surface area contributed by atoms with Gasteiger partial charge in [0.15, 0.2) is 0 Å². The van der Waals surface area contributed by atoms with Crippen molar-refractivity contribution in [2.75, 3.05) is 13.2 Å². The number of hydrogen-bond acceptors (Lipinski definition) is 3. The summed E-state index contributed by atoms with van der Waals surface area (Å²) < 4.78 is 5.77. The molecule has 0 spiro atoms. The quantitative estimate of drug-likeness (QED) is 0.787. The van der Waals surface area contributed by atoms with Crippen LogP contribution in [0.15, 0.2) is 24.3 Å². The lowest BCUT2D eigenvalue weighted by Crippen LogP contribution is -2.51. The number of amides is 2. The second-order valence-corrected chi connectivity index (χ2v) is 6.31. The molecule has 124 valence electrons. The molecule has 2 amide bonds. The van der Waals surface area contributed by atoms with Crippen molar-refractivity contribution in [2.45, 2.75) is 50.7 Å². The maximum absolute atomic E-state index is 12.2. The number of rotatable bonds is 6. The third kappa shape index (κ3) is 4.10. The molecule has 1 fully saturated rings. The third-order valence-corrected chi connectivity index (χ3v) is 4.58. The highest BCUT2D eigenvalue weighted by molar-refractivity contribution is 6.00. The van der Waals surface area contributed by atoms with Gasteiger partial charge in [-0.05, 0) is 30.9 Å². The third-order valence-electron chi connectivity index (χ3n) is 4.58. The van der Waals surface area contributed by atoms with E-state index in [1.165, 1.54) is 25.7 Å². The van der Waals surface area contributed by atoms with Crippen LogP contribution in [0.2, 0.25) is 0 Å². The Kier molecular flexibility index (Phi) is 5.28. The van der Waals surface area contributed by atoms with E-state index >= 15 is 0 Å². The van der Waals surface area contributed by atoms with E-state index < -0.39 is 6.04 Å². The van der Waals surface area contributed by atoms with Crippen LogP contribution in [0, 0.1) is 0 Å². The maximum Gasteiger partial charge on any atom is 0.252 e. The van der Waals surface area contributed by atoms with Gasteiger partial charge in [0.1, 0.15) is 6.04 Å². The summed E-state index contributed by atoms with van der Waals surface area (Å²) in [5.41, 5.74) is 1.60. The summed E-state index contributed by atoms with van der Waals surface area (Å²) in [6, 6.07) is 6.95. The standard InChI is InChI=1S/C18H24N2O3/c21-17-15-9-4-1-6-13(15)12-16(20-17)18(22)19-10-5-11-23-14-7-2-3-8-14/h1,4,6,9,14,16H,2-3,5,7-8,10-12H2,(H,19,22)(H,20,21). The van der Waals surface area contributed by atoms with E-state index in [1.807, 2.05) is 18.2 Å². The predicted octanol–water partition coefficient (Wildman–Crippen LogP) is 1.81. The SMILES string of the molecule is O=C1NC(C(=O)NCCCOC2CCCC2)Cc2ccccc21. The van der Waals surface area contributed by atoms with Gasteiger partial charge in [-0.3, -0.25) is 9.59 Å². The minimum Gasteiger partial charge on any atom is -0.378 e. The number of fused-ring (bicyclic) bond motifs is 1. The van der Waals surface area contributed by atoms with Crippen LogP contribution < -0.4 is 10.6 Å². The molecule has 2 N–H and O–H groups in total. The Balaban J connectivity index is 1.40. The zero-order valence-electron chi connectivity index (χ0n) is 13.3. The van der Waals surface area contributed by atoms with Crippen LogP contribution in [0.25, 0.3) is 0 Å². The minimum absolute atomic E-state index is 0.117. The van der Waals surface area contributed by atoms with Gasteiger partial charge in [-0.1, -0.05) is 31.0 Å². The van der Waals surface area contributed by atoms with Gasteiger partial charge in [0.05, 0.1) is 6.10 Å². The average molecular weight is 316 g/mol. The average Bonchev–Trinajstić information content (AvgIpc) is 3.07. The van der Waals surface area contributed by atoms with Gasteiger partial charge in [-0.15, -0.1) is 0 Å². The largest absolute Gasteiger partial charge is 0.378 e. The molecule has 5 heteroatoms. The van der Waals surface area contributed by atoms with Gasteiger partial charge in [0.2, 0.25) is 5.91 Å². The molecule has 0 aromatic heterocycles. The van der Waals surface area contributed by atoms with Crippen LogP contribution in [0.1, 0.15) is 48.0 Å². The first-order chi connectivity index (χ1) is 11.2. The van der Waals surface area contributed by atoms with Crippen LogP contribution in [-0.2, 0) is 16.0 Å². The summed E-state index contributed by atoms with van der Waals surface area (Å²) >= 11 is 0. The molecule has 1 aromatic rings. The van der Waals surface area contributed by atoms with Gasteiger partial charge < -0.3 is 15.4 Å². The summed E-state index contributed by atoms with van der Waals surface area (Å²) in [5.74, 6) is -0.287. The van der Waals surface area contributed by atoms with Crippen LogP contribution in [0.3, 0.4) is 0 Å². The molecule has 1 atom stereocenters. The molecular weight excluding hydrogens is 292 g/mol. The van der Waals surface area contributed by atoms with E-state index in [4.69, 9.17) is 4.74 Å². The molecular formula is C18H24N2O3. The number of ether oxygens (including phenoxy) is 1. The maximum atomic E-state index is 12.2. The van der Waals surface area contributed by atoms with E-state index in [1.54, 1.807) is 6.07 Å². The lowest BCUT2D eigenvalue weighted by Gasteiger charge is -2.24. The lowest BCUT2D eigenvalue weighted by molar-refractivity contribution is -0.123. The molecule has 1 heterocycles. The van der Waals surface area contributed by atoms with E-state index in [0.717, 1.165) is 12.0 Å². The fourth-order valence-electron chi connectivity index (χ4n) is 3.30. The highest BCUT2D eigenvalue weighted by atomic mass is 16.5. The summed E-state index contributed by atoms with van der Waals surface area (Å²) in [6.07, 6.45) is 6.64. The van der Waals surface area contributed by atoms with E-state index in [0.29, 0.717) is 31.2 Å². The number of nitrogens with one attached hydrogen (secondary N) is 2. The first-order valence-corrected chi connectivity index (χ1v) is 8.52. The highest BCUT2D eigenvalue weighted by Crippen LogP contribution is 2.20. The van der Waals surface area contributed by atoms with Crippen molar-refractivity contribution < 1.29 is 14.3 Å². The summed E-state index contributed by atoms with van der Waals surface area (Å²) in [7, 11) is 0. The molecule has 1 saturated carbocycles. The Labute approximate surface area is 136 Å². The van der Waals surface area contributed by atoms with Crippen molar-refractivity contribution in [1.29, 1.82) is 0 Å². The number of carbonyl (C=O) groups excluding carboxylic acids is 2. The number of carbonyl (C=O) groups is 2. The normalized spacial score (nSPS) is 20.9. The number of hydrogen-bond donors (Lipinski definition) is 2. The van der Waals surface area contributed by atoms with E-state index in [9.17, 15) is 9.59 Å². The van der Waals surface area contributed by atoms with E-state index in [-0.39, 0.29) is 11.8 Å². The monoisotopic (exact) mass is 316 g/mol. The van der Waals surface area contributed by atoms with Crippen molar-refractivity contribution in [1.82, 2.24) is 10.6 Å². The van der Waals surface area contributed by atoms with Crippen LogP contribution in [0.5, 0.6) is 0 Å². The molecule has 0 radical (unpaired) electrons. The Morgan fingerprint density at radius 2 is 2.04 bits per heavy atom. The van der Waals surface area contributed by atoms with Crippen LogP contribution in [0.4, 0.5) is 0 Å². The summed E-state index contributed by atoms with van der Waals surface area (Å²) in [5, 5.41) is 5.67. The second-order valence-electron chi connectivity index (χ2n) is 6.31. The molecule has 2 aliphatic rings. The lowest BCUT2D eigenvalue weighted by atomic mass is 9.95. The van der Waals surface area contributed by atoms with Gasteiger partial charge >= 0.3 is 0 Å². The molecule has 1 aromatic carbocycles. The van der Waals surface area contributed by atoms with Crippen LogP contribution in [-0.4, -0.2) is 37.1 Å². The van der Waals surface area contributed by atoms with Crippen molar-refractivity contribution >= 4 is 11.8 Å². The van der Waals surface area contributed by atoms with Crippen molar-refractivity contribution in [3.8, 4) is 0 Å². The van der Waals surface area contributed by atoms with Crippen molar-refractivity contribution in [3.63, 3.8) is 0 Å². The van der Waals surface area contributed by atoms with Crippen LogP contribution >= 0.6 is 0 Å². The van der Waals surface area contributed by atoms with Gasteiger partial charge in [-0.2, -0.15) is 0 Å². The smallest absolute Gasteiger partial charge is 0.252 e. The Hall–Kier alpha value is -1.88. The topological polar surface area (TPSA) is 67.4 Å². The van der Waals surface area contributed by atoms with Gasteiger partial charge in [0, 0.05) is 25.1 Å². The molecule has 0 saturated heterocycles. The molecule has 1 aliphatic carbocycles.